The van der Waals surface area contributed by atoms with Gasteiger partial charge in [0.1, 0.15) is 18.2 Å². The third-order valence-electron chi connectivity index (χ3n) is 2.22. The summed E-state index contributed by atoms with van der Waals surface area (Å²) in [4.78, 5) is 0. The molecule has 0 unspecified atom stereocenters. The van der Waals surface area contributed by atoms with Gasteiger partial charge >= 0.3 is 0 Å². The minimum atomic E-state index is -0.326. The maximum atomic E-state index is 13.3. The minimum absolute atomic E-state index is 0.134. The first-order chi connectivity index (χ1) is 8.15. The van der Waals surface area contributed by atoms with Crippen LogP contribution in [0.15, 0.2) is 18.2 Å². The van der Waals surface area contributed by atoms with Gasteiger partial charge in [-0.2, -0.15) is 0 Å². The molecule has 1 rings (SSSR count). The Labute approximate surface area is 102 Å². The number of nitrogens with two attached hydrogens (primary N) is 1. The van der Waals surface area contributed by atoms with Gasteiger partial charge in [-0.3, -0.25) is 0 Å². The number of benzene rings is 1. The molecule has 0 aromatic heterocycles. The predicted octanol–water partition coefficient (Wildman–Crippen LogP) is 2.34. The van der Waals surface area contributed by atoms with Crippen molar-refractivity contribution in [2.24, 2.45) is 11.7 Å². The van der Waals surface area contributed by atoms with Crippen molar-refractivity contribution in [3.63, 3.8) is 0 Å². The molecule has 1 aromatic carbocycles. The van der Waals surface area contributed by atoms with E-state index in [2.05, 4.69) is 13.8 Å². The van der Waals surface area contributed by atoms with Crippen LogP contribution in [0.1, 0.15) is 19.4 Å². The molecular weight excluding hydrogens is 221 g/mol. The highest BCUT2D eigenvalue weighted by Gasteiger charge is 2.07. The second-order valence-electron chi connectivity index (χ2n) is 4.24. The first kappa shape index (κ1) is 13.9. The maximum Gasteiger partial charge on any atom is 0.131 e. The van der Waals surface area contributed by atoms with Gasteiger partial charge in [0.05, 0.1) is 6.61 Å². The Morgan fingerprint density at radius 2 is 2.06 bits per heavy atom. The molecule has 0 fully saturated rings. The lowest BCUT2D eigenvalue weighted by molar-refractivity contribution is 0.0815. The van der Waals surface area contributed by atoms with Crippen LogP contribution in [0.5, 0.6) is 5.75 Å². The van der Waals surface area contributed by atoms with Gasteiger partial charge in [0.25, 0.3) is 0 Å². The Hall–Kier alpha value is -1.13. The van der Waals surface area contributed by atoms with Crippen LogP contribution >= 0.6 is 0 Å². The molecule has 0 aliphatic heterocycles. The van der Waals surface area contributed by atoms with E-state index in [-0.39, 0.29) is 12.4 Å². The monoisotopic (exact) mass is 241 g/mol. The molecule has 3 nitrogen and oxygen atoms in total. The van der Waals surface area contributed by atoms with Gasteiger partial charge < -0.3 is 15.2 Å². The smallest absolute Gasteiger partial charge is 0.131 e. The minimum Gasteiger partial charge on any atom is -0.491 e. The lowest BCUT2D eigenvalue weighted by Gasteiger charge is -2.11. The molecule has 0 saturated carbocycles. The summed E-state index contributed by atoms with van der Waals surface area (Å²) in [6, 6.07) is 4.71. The number of ether oxygens (including phenoxy) is 2. The molecule has 0 amide bonds. The summed E-state index contributed by atoms with van der Waals surface area (Å²) in [7, 11) is 0. The molecule has 0 spiro atoms. The number of hydrogen-bond acceptors (Lipinski definition) is 3. The molecule has 96 valence electrons. The van der Waals surface area contributed by atoms with Gasteiger partial charge in [0.15, 0.2) is 0 Å². The van der Waals surface area contributed by atoms with Crippen molar-refractivity contribution in [1.29, 1.82) is 0 Å². The number of rotatable bonds is 7. The first-order valence-electron chi connectivity index (χ1n) is 5.83. The molecule has 0 heterocycles. The summed E-state index contributed by atoms with van der Waals surface area (Å²) in [6.45, 7) is 5.91. The molecule has 0 radical (unpaired) electrons. The van der Waals surface area contributed by atoms with E-state index in [1.807, 2.05) is 0 Å². The average Bonchev–Trinajstić information content (AvgIpc) is 2.28. The summed E-state index contributed by atoms with van der Waals surface area (Å²) in [5, 5.41) is 0. The lowest BCUT2D eigenvalue weighted by atomic mass is 10.2. The Morgan fingerprint density at radius 3 is 2.71 bits per heavy atom. The molecule has 0 aliphatic carbocycles. The Morgan fingerprint density at radius 1 is 1.29 bits per heavy atom. The summed E-state index contributed by atoms with van der Waals surface area (Å²) in [6.07, 6.45) is 0. The zero-order valence-corrected chi connectivity index (χ0v) is 10.4. The van der Waals surface area contributed by atoms with E-state index in [4.69, 9.17) is 15.2 Å². The van der Waals surface area contributed by atoms with E-state index in [0.717, 1.165) is 0 Å². The predicted molar refractivity (Wildman–Crippen MR) is 65.4 cm³/mol. The summed E-state index contributed by atoms with van der Waals surface area (Å²) in [5.74, 6) is 0.678. The van der Waals surface area contributed by atoms with Crippen LogP contribution in [0.4, 0.5) is 4.39 Å². The van der Waals surface area contributed by atoms with Gasteiger partial charge in [0.2, 0.25) is 0 Å². The molecule has 0 aliphatic rings. The van der Waals surface area contributed by atoms with Gasteiger partial charge in [-0.25, -0.2) is 4.39 Å². The molecular formula is C13H20FNO2. The number of hydrogen-bond donors (Lipinski definition) is 1. The molecule has 2 N–H and O–H groups in total. The van der Waals surface area contributed by atoms with E-state index in [1.165, 1.54) is 6.07 Å². The van der Waals surface area contributed by atoms with Crippen molar-refractivity contribution in [1.82, 2.24) is 0 Å². The van der Waals surface area contributed by atoms with E-state index in [0.29, 0.717) is 37.1 Å². The summed E-state index contributed by atoms with van der Waals surface area (Å²) in [5.41, 5.74) is 5.88. The number of halogens is 1. The third kappa shape index (κ3) is 4.71. The van der Waals surface area contributed by atoms with Crippen molar-refractivity contribution in [3.05, 3.63) is 29.6 Å². The molecule has 1 aromatic rings. The van der Waals surface area contributed by atoms with Gasteiger partial charge in [0, 0.05) is 18.7 Å². The van der Waals surface area contributed by atoms with Gasteiger partial charge in [-0.15, -0.1) is 0 Å². The quantitative estimate of drug-likeness (QED) is 0.745. The highest BCUT2D eigenvalue weighted by atomic mass is 19.1. The maximum absolute atomic E-state index is 13.3. The van der Waals surface area contributed by atoms with Crippen LogP contribution < -0.4 is 10.5 Å². The Bertz CT molecular complexity index is 342. The SMILES string of the molecule is CC(C)COCCOc1cccc(F)c1CN. The van der Waals surface area contributed by atoms with Crippen LogP contribution in [0.2, 0.25) is 0 Å². The topological polar surface area (TPSA) is 44.5 Å². The fraction of sp³-hybridized carbons (Fsp3) is 0.538. The fourth-order valence-electron chi connectivity index (χ4n) is 1.40. The molecule has 0 saturated heterocycles. The summed E-state index contributed by atoms with van der Waals surface area (Å²) >= 11 is 0. The lowest BCUT2D eigenvalue weighted by Crippen LogP contribution is -2.12. The molecule has 17 heavy (non-hydrogen) atoms. The van der Waals surface area contributed by atoms with E-state index in [9.17, 15) is 4.39 Å². The molecule has 4 heteroatoms. The van der Waals surface area contributed by atoms with Gasteiger partial charge in [-0.1, -0.05) is 19.9 Å². The Balaban J connectivity index is 2.39. The molecule has 0 bridgehead atoms. The largest absolute Gasteiger partial charge is 0.491 e. The Kier molecular flexibility index (Phi) is 5.94. The van der Waals surface area contributed by atoms with Crippen LogP contribution in [0.3, 0.4) is 0 Å². The molecule has 0 atom stereocenters. The van der Waals surface area contributed by atoms with Crippen LogP contribution in [-0.4, -0.2) is 19.8 Å². The van der Waals surface area contributed by atoms with Crippen molar-refractivity contribution in [2.45, 2.75) is 20.4 Å². The third-order valence-corrected chi connectivity index (χ3v) is 2.22. The highest BCUT2D eigenvalue weighted by molar-refractivity contribution is 5.34. The van der Waals surface area contributed by atoms with E-state index in [1.54, 1.807) is 12.1 Å². The zero-order valence-electron chi connectivity index (χ0n) is 10.4. The fourth-order valence-corrected chi connectivity index (χ4v) is 1.40. The van der Waals surface area contributed by atoms with Crippen molar-refractivity contribution in [2.75, 3.05) is 19.8 Å². The van der Waals surface area contributed by atoms with Crippen molar-refractivity contribution < 1.29 is 13.9 Å². The normalized spacial score (nSPS) is 10.9. The van der Waals surface area contributed by atoms with Gasteiger partial charge in [-0.05, 0) is 18.1 Å². The first-order valence-corrected chi connectivity index (χ1v) is 5.83. The average molecular weight is 241 g/mol. The summed E-state index contributed by atoms with van der Waals surface area (Å²) < 4.78 is 24.2. The van der Waals surface area contributed by atoms with Crippen LogP contribution in [-0.2, 0) is 11.3 Å². The van der Waals surface area contributed by atoms with Crippen LogP contribution in [0.25, 0.3) is 0 Å². The van der Waals surface area contributed by atoms with E-state index < -0.39 is 0 Å². The van der Waals surface area contributed by atoms with Crippen LogP contribution in [0, 0.1) is 11.7 Å². The van der Waals surface area contributed by atoms with Crippen molar-refractivity contribution in [3.8, 4) is 5.75 Å². The standard InChI is InChI=1S/C13H20FNO2/c1-10(2)9-16-6-7-17-13-5-3-4-12(14)11(13)8-15/h3-5,10H,6-9,15H2,1-2H3. The second kappa shape index (κ2) is 7.25. The van der Waals surface area contributed by atoms with E-state index >= 15 is 0 Å². The van der Waals surface area contributed by atoms with Crippen molar-refractivity contribution >= 4 is 0 Å². The second-order valence-corrected chi connectivity index (χ2v) is 4.24. The highest BCUT2D eigenvalue weighted by Crippen LogP contribution is 2.20. The zero-order chi connectivity index (χ0) is 12.7.